The summed E-state index contributed by atoms with van der Waals surface area (Å²) in [5.74, 6) is -1.09. The number of aliphatic carboxylic acids is 1. The van der Waals surface area contributed by atoms with Crippen LogP contribution in [-0.4, -0.2) is 22.6 Å². The molecule has 8 heteroatoms. The van der Waals surface area contributed by atoms with Crippen LogP contribution in [0.2, 0.25) is 0 Å². The SMILES string of the molecule is CC(C)(COc1c(I)cc(C#N)cc1[N+](=O)[O-])C(=O)O. The minimum absolute atomic E-state index is 0.0241. The van der Waals surface area contributed by atoms with Crippen molar-refractivity contribution in [3.05, 3.63) is 31.4 Å². The van der Waals surface area contributed by atoms with Crippen LogP contribution < -0.4 is 4.74 Å². The molecule has 0 aliphatic heterocycles. The number of ether oxygens (including phenoxy) is 1. The van der Waals surface area contributed by atoms with Crippen molar-refractivity contribution in [2.24, 2.45) is 5.41 Å². The maximum Gasteiger partial charge on any atom is 0.313 e. The fraction of sp³-hybridized carbons (Fsp3) is 0.333. The van der Waals surface area contributed by atoms with Crippen molar-refractivity contribution in [2.45, 2.75) is 13.8 Å². The lowest BCUT2D eigenvalue weighted by Crippen LogP contribution is -2.31. The van der Waals surface area contributed by atoms with E-state index in [-0.39, 0.29) is 23.6 Å². The second kappa shape index (κ2) is 6.04. The molecule has 0 heterocycles. The molecule has 1 aromatic rings. The molecule has 20 heavy (non-hydrogen) atoms. The van der Waals surface area contributed by atoms with Crippen LogP contribution in [0.25, 0.3) is 0 Å². The first kappa shape index (κ1) is 16.2. The fourth-order valence-electron chi connectivity index (χ4n) is 1.24. The number of carboxylic acids is 1. The number of carboxylic acid groups (broad SMARTS) is 1. The van der Waals surface area contributed by atoms with Gasteiger partial charge in [-0.3, -0.25) is 14.9 Å². The van der Waals surface area contributed by atoms with E-state index in [0.717, 1.165) is 6.07 Å². The Hall–Kier alpha value is -1.89. The number of nitriles is 1. The predicted molar refractivity (Wildman–Crippen MR) is 77.4 cm³/mol. The van der Waals surface area contributed by atoms with Crippen LogP contribution in [-0.2, 0) is 4.79 Å². The highest BCUT2D eigenvalue weighted by atomic mass is 127. The molecule has 0 bridgehead atoms. The number of hydrogen-bond donors (Lipinski definition) is 1. The van der Waals surface area contributed by atoms with Crippen LogP contribution in [0.4, 0.5) is 5.69 Å². The van der Waals surface area contributed by atoms with E-state index in [2.05, 4.69) is 0 Å². The van der Waals surface area contributed by atoms with Crippen molar-refractivity contribution in [1.29, 1.82) is 5.26 Å². The van der Waals surface area contributed by atoms with Crippen molar-refractivity contribution in [3.8, 4) is 11.8 Å². The maximum absolute atomic E-state index is 11.0. The van der Waals surface area contributed by atoms with Crippen molar-refractivity contribution in [2.75, 3.05) is 6.61 Å². The van der Waals surface area contributed by atoms with Crippen LogP contribution in [0.3, 0.4) is 0 Å². The quantitative estimate of drug-likeness (QED) is 0.470. The van der Waals surface area contributed by atoms with E-state index in [9.17, 15) is 14.9 Å². The minimum Gasteiger partial charge on any atom is -0.485 e. The van der Waals surface area contributed by atoms with Crippen LogP contribution in [0, 0.1) is 30.4 Å². The minimum atomic E-state index is -1.18. The molecule has 1 N–H and O–H groups in total. The lowest BCUT2D eigenvalue weighted by molar-refractivity contribution is -0.386. The van der Waals surface area contributed by atoms with Crippen LogP contribution in [0.15, 0.2) is 12.1 Å². The Morgan fingerprint density at radius 2 is 2.20 bits per heavy atom. The first-order chi connectivity index (χ1) is 9.19. The summed E-state index contributed by atoms with van der Waals surface area (Å²) >= 11 is 1.81. The summed E-state index contributed by atoms with van der Waals surface area (Å²) in [4.78, 5) is 21.3. The number of nitro groups is 1. The monoisotopic (exact) mass is 390 g/mol. The van der Waals surface area contributed by atoms with Crippen LogP contribution >= 0.6 is 22.6 Å². The molecule has 0 atom stereocenters. The summed E-state index contributed by atoms with van der Waals surface area (Å²) < 4.78 is 5.70. The number of benzene rings is 1. The smallest absolute Gasteiger partial charge is 0.313 e. The lowest BCUT2D eigenvalue weighted by atomic mass is 9.95. The van der Waals surface area contributed by atoms with Gasteiger partial charge in [0, 0.05) is 6.07 Å². The molecule has 0 fully saturated rings. The largest absolute Gasteiger partial charge is 0.485 e. The molecule has 0 aliphatic carbocycles. The van der Waals surface area contributed by atoms with E-state index in [1.54, 1.807) is 0 Å². The third-order valence-corrected chi connectivity index (χ3v) is 3.31. The molecule has 0 radical (unpaired) electrons. The van der Waals surface area contributed by atoms with Gasteiger partial charge in [-0.1, -0.05) is 0 Å². The van der Waals surface area contributed by atoms with Gasteiger partial charge in [-0.05, 0) is 42.5 Å². The molecule has 7 nitrogen and oxygen atoms in total. The molecule has 0 aliphatic rings. The summed E-state index contributed by atoms with van der Waals surface area (Å²) in [7, 11) is 0. The second-order valence-corrected chi connectivity index (χ2v) is 5.82. The van der Waals surface area contributed by atoms with Gasteiger partial charge < -0.3 is 9.84 Å². The van der Waals surface area contributed by atoms with Gasteiger partial charge in [0.25, 0.3) is 0 Å². The Bertz CT molecular complexity index is 607. The number of carbonyl (C=O) groups is 1. The molecule has 0 unspecified atom stereocenters. The molecular weight excluding hydrogens is 379 g/mol. The number of hydrogen-bond acceptors (Lipinski definition) is 5. The molecular formula is C12H11IN2O5. The Morgan fingerprint density at radius 3 is 2.65 bits per heavy atom. The highest BCUT2D eigenvalue weighted by Gasteiger charge is 2.30. The lowest BCUT2D eigenvalue weighted by Gasteiger charge is -2.20. The average molecular weight is 390 g/mol. The average Bonchev–Trinajstić information content (AvgIpc) is 2.35. The Kier molecular flexibility index (Phi) is 4.88. The Balaban J connectivity index is 3.16. The normalized spacial score (nSPS) is 10.7. The third-order valence-electron chi connectivity index (χ3n) is 2.51. The summed E-state index contributed by atoms with van der Waals surface area (Å²) in [6.07, 6.45) is 0. The third kappa shape index (κ3) is 3.57. The maximum atomic E-state index is 11.0. The first-order valence-corrected chi connectivity index (χ1v) is 6.51. The van der Waals surface area contributed by atoms with Crippen LogP contribution in [0.1, 0.15) is 19.4 Å². The number of nitro benzene ring substituents is 1. The van der Waals surface area contributed by atoms with E-state index >= 15 is 0 Å². The molecule has 106 valence electrons. The van der Waals surface area contributed by atoms with Gasteiger partial charge in [-0.15, -0.1) is 0 Å². The molecule has 0 saturated heterocycles. The van der Waals surface area contributed by atoms with Crippen molar-refractivity contribution < 1.29 is 19.6 Å². The fourth-order valence-corrected chi connectivity index (χ4v) is 2.00. The molecule has 1 aromatic carbocycles. The van der Waals surface area contributed by atoms with Gasteiger partial charge >= 0.3 is 11.7 Å². The molecule has 0 aromatic heterocycles. The van der Waals surface area contributed by atoms with E-state index in [1.807, 2.05) is 28.7 Å². The van der Waals surface area contributed by atoms with Gasteiger partial charge in [0.05, 0.1) is 25.5 Å². The Labute approximate surface area is 128 Å². The highest BCUT2D eigenvalue weighted by Crippen LogP contribution is 2.34. The molecule has 0 amide bonds. The second-order valence-electron chi connectivity index (χ2n) is 4.65. The standard InChI is InChI=1S/C12H11IN2O5/c1-12(2,11(16)17)6-20-10-8(13)3-7(5-14)4-9(10)15(18)19/h3-4H,6H2,1-2H3,(H,16,17). The number of rotatable bonds is 5. The molecule has 1 rings (SSSR count). The van der Waals surface area contributed by atoms with Gasteiger partial charge in [0.2, 0.25) is 5.75 Å². The van der Waals surface area contributed by atoms with Gasteiger partial charge in [-0.25, -0.2) is 0 Å². The topological polar surface area (TPSA) is 113 Å². The van der Waals surface area contributed by atoms with Crippen molar-refractivity contribution in [3.63, 3.8) is 0 Å². The first-order valence-electron chi connectivity index (χ1n) is 5.43. The summed E-state index contributed by atoms with van der Waals surface area (Å²) in [5, 5.41) is 28.8. The van der Waals surface area contributed by atoms with Crippen LogP contribution in [0.5, 0.6) is 5.75 Å². The van der Waals surface area contributed by atoms with Gasteiger partial charge in [0.1, 0.15) is 6.61 Å². The van der Waals surface area contributed by atoms with Gasteiger partial charge in [-0.2, -0.15) is 5.26 Å². The van der Waals surface area contributed by atoms with E-state index in [0.29, 0.717) is 3.57 Å². The summed E-state index contributed by atoms with van der Waals surface area (Å²) in [6.45, 7) is 2.69. The molecule has 0 saturated carbocycles. The predicted octanol–water partition coefficient (Wildman–Crippen LogP) is 2.56. The zero-order valence-corrected chi connectivity index (χ0v) is 12.9. The van der Waals surface area contributed by atoms with E-state index in [4.69, 9.17) is 15.1 Å². The highest BCUT2D eigenvalue weighted by molar-refractivity contribution is 14.1. The summed E-state index contributed by atoms with van der Waals surface area (Å²) in [6, 6.07) is 4.37. The molecule has 0 spiro atoms. The van der Waals surface area contributed by atoms with Gasteiger partial charge in [0.15, 0.2) is 0 Å². The number of nitrogens with zero attached hydrogens (tertiary/aromatic N) is 2. The zero-order valence-electron chi connectivity index (χ0n) is 10.7. The Morgan fingerprint density at radius 1 is 1.60 bits per heavy atom. The zero-order chi connectivity index (χ0) is 15.5. The van der Waals surface area contributed by atoms with Crippen molar-refractivity contribution in [1.82, 2.24) is 0 Å². The van der Waals surface area contributed by atoms with E-state index < -0.39 is 16.3 Å². The number of halogens is 1. The van der Waals surface area contributed by atoms with Crippen molar-refractivity contribution >= 4 is 34.2 Å². The van der Waals surface area contributed by atoms with E-state index in [1.165, 1.54) is 19.9 Å². The summed E-state index contributed by atoms with van der Waals surface area (Å²) in [5.41, 5.74) is -1.38.